The molecule has 0 aliphatic rings. The highest BCUT2D eigenvalue weighted by Gasteiger charge is 2.14. The normalized spacial score (nSPS) is 9.80. The van der Waals surface area contributed by atoms with Crippen LogP contribution in [0.3, 0.4) is 0 Å². The van der Waals surface area contributed by atoms with Gasteiger partial charge in [0, 0.05) is 14.1 Å². The lowest BCUT2D eigenvalue weighted by Gasteiger charge is -2.10. The molecule has 6 heteroatoms. The summed E-state index contributed by atoms with van der Waals surface area (Å²) in [7, 11) is 3.22. The number of amides is 2. The number of likely N-dealkylation sites (N-methyl/N-ethyl adjacent to an activating group) is 1. The summed E-state index contributed by atoms with van der Waals surface area (Å²) in [5.41, 5.74) is 0.225. The Labute approximate surface area is 92.0 Å². The average Bonchev–Trinajstić information content (AvgIpc) is 2.60. The number of furan rings is 1. The molecule has 0 aliphatic heterocycles. The molecule has 0 saturated heterocycles. The number of nitrogens with one attached hydrogen (secondary N) is 1. The van der Waals surface area contributed by atoms with Gasteiger partial charge in [-0.2, -0.15) is 0 Å². The van der Waals surface area contributed by atoms with Crippen molar-refractivity contribution in [1.82, 2.24) is 10.2 Å². The molecular formula is C9H11ClN2O3. The molecule has 0 bridgehead atoms. The van der Waals surface area contributed by atoms with Gasteiger partial charge in [0.05, 0.1) is 18.4 Å². The summed E-state index contributed by atoms with van der Waals surface area (Å²) >= 11 is 5.59. The molecule has 0 aromatic carbocycles. The van der Waals surface area contributed by atoms with Crippen molar-refractivity contribution >= 4 is 23.4 Å². The van der Waals surface area contributed by atoms with Crippen LogP contribution in [0.5, 0.6) is 0 Å². The minimum Gasteiger partial charge on any atom is -0.452 e. The third-order valence-electron chi connectivity index (χ3n) is 1.76. The van der Waals surface area contributed by atoms with E-state index in [9.17, 15) is 9.59 Å². The van der Waals surface area contributed by atoms with E-state index < -0.39 is 5.91 Å². The SMILES string of the molecule is CN(C)C(=O)CNC(=O)c1ccoc1Cl. The van der Waals surface area contributed by atoms with Gasteiger partial charge in [0.25, 0.3) is 5.91 Å². The molecule has 0 atom stereocenters. The predicted molar refractivity (Wildman–Crippen MR) is 54.7 cm³/mol. The average molecular weight is 231 g/mol. The van der Waals surface area contributed by atoms with Crippen LogP contribution >= 0.6 is 11.6 Å². The molecule has 1 heterocycles. The molecule has 1 aromatic rings. The number of carbonyl (C=O) groups excluding carboxylic acids is 2. The van der Waals surface area contributed by atoms with E-state index in [-0.39, 0.29) is 23.2 Å². The van der Waals surface area contributed by atoms with Crippen LogP contribution in [-0.4, -0.2) is 37.4 Å². The Balaban J connectivity index is 2.51. The molecule has 0 radical (unpaired) electrons. The van der Waals surface area contributed by atoms with Gasteiger partial charge < -0.3 is 14.6 Å². The van der Waals surface area contributed by atoms with Crippen LogP contribution in [0.1, 0.15) is 10.4 Å². The van der Waals surface area contributed by atoms with Crippen molar-refractivity contribution in [2.24, 2.45) is 0 Å². The van der Waals surface area contributed by atoms with E-state index in [0.717, 1.165) is 0 Å². The maximum absolute atomic E-state index is 11.4. The van der Waals surface area contributed by atoms with Gasteiger partial charge in [-0.1, -0.05) is 0 Å². The van der Waals surface area contributed by atoms with Crippen molar-refractivity contribution in [3.8, 4) is 0 Å². The van der Waals surface area contributed by atoms with E-state index in [1.165, 1.54) is 17.2 Å². The largest absolute Gasteiger partial charge is 0.452 e. The van der Waals surface area contributed by atoms with E-state index in [2.05, 4.69) is 5.32 Å². The third kappa shape index (κ3) is 2.99. The lowest BCUT2D eigenvalue weighted by atomic mass is 10.3. The zero-order valence-corrected chi connectivity index (χ0v) is 9.17. The summed E-state index contributed by atoms with van der Waals surface area (Å²) in [6.45, 7) is -0.0622. The van der Waals surface area contributed by atoms with Gasteiger partial charge in [-0.25, -0.2) is 0 Å². The summed E-state index contributed by atoms with van der Waals surface area (Å²) in [6, 6.07) is 1.44. The molecule has 82 valence electrons. The zero-order chi connectivity index (χ0) is 11.4. The highest BCUT2D eigenvalue weighted by molar-refractivity contribution is 6.32. The zero-order valence-electron chi connectivity index (χ0n) is 8.41. The van der Waals surface area contributed by atoms with Crippen LogP contribution in [-0.2, 0) is 4.79 Å². The lowest BCUT2D eigenvalue weighted by molar-refractivity contribution is -0.127. The summed E-state index contributed by atoms with van der Waals surface area (Å²) in [5, 5.41) is 2.45. The van der Waals surface area contributed by atoms with Crippen LogP contribution in [0.4, 0.5) is 0 Å². The van der Waals surface area contributed by atoms with Gasteiger partial charge in [0.15, 0.2) is 0 Å². The van der Waals surface area contributed by atoms with Crippen molar-refractivity contribution in [2.45, 2.75) is 0 Å². The number of halogens is 1. The van der Waals surface area contributed by atoms with Crippen LogP contribution < -0.4 is 5.32 Å². The maximum atomic E-state index is 11.4. The Kier molecular flexibility index (Phi) is 3.74. The number of hydrogen-bond donors (Lipinski definition) is 1. The molecule has 15 heavy (non-hydrogen) atoms. The first kappa shape index (κ1) is 11.6. The Morgan fingerprint density at radius 2 is 2.20 bits per heavy atom. The molecule has 0 unspecified atom stereocenters. The van der Waals surface area contributed by atoms with Gasteiger partial charge >= 0.3 is 0 Å². The summed E-state index contributed by atoms with van der Waals surface area (Å²) < 4.78 is 4.75. The molecule has 0 spiro atoms. The van der Waals surface area contributed by atoms with Crippen molar-refractivity contribution in [3.05, 3.63) is 23.1 Å². The highest BCUT2D eigenvalue weighted by atomic mass is 35.5. The van der Waals surface area contributed by atoms with E-state index in [1.807, 2.05) is 0 Å². The van der Waals surface area contributed by atoms with Crippen LogP contribution in [0.15, 0.2) is 16.7 Å². The van der Waals surface area contributed by atoms with Crippen molar-refractivity contribution in [3.63, 3.8) is 0 Å². The second kappa shape index (κ2) is 4.84. The summed E-state index contributed by atoms with van der Waals surface area (Å²) in [5.74, 6) is -0.619. The molecule has 5 nitrogen and oxygen atoms in total. The summed E-state index contributed by atoms with van der Waals surface area (Å²) in [6.07, 6.45) is 1.31. The monoisotopic (exact) mass is 230 g/mol. The van der Waals surface area contributed by atoms with Gasteiger partial charge in [0.1, 0.15) is 0 Å². The molecule has 0 fully saturated rings. The molecule has 0 aliphatic carbocycles. The maximum Gasteiger partial charge on any atom is 0.256 e. The summed E-state index contributed by atoms with van der Waals surface area (Å²) in [4.78, 5) is 24.0. The van der Waals surface area contributed by atoms with E-state index in [0.29, 0.717) is 0 Å². The van der Waals surface area contributed by atoms with Gasteiger partial charge in [0.2, 0.25) is 11.1 Å². The first-order valence-electron chi connectivity index (χ1n) is 4.23. The van der Waals surface area contributed by atoms with Crippen molar-refractivity contribution in [1.29, 1.82) is 0 Å². The van der Waals surface area contributed by atoms with E-state index in [1.54, 1.807) is 14.1 Å². The second-order valence-corrected chi connectivity index (χ2v) is 3.42. The first-order valence-corrected chi connectivity index (χ1v) is 4.61. The Morgan fingerprint density at radius 1 is 1.53 bits per heavy atom. The fraction of sp³-hybridized carbons (Fsp3) is 0.333. The standard InChI is InChI=1S/C9H11ClN2O3/c1-12(2)7(13)5-11-9(14)6-3-4-15-8(6)10/h3-4H,5H2,1-2H3,(H,11,14). The fourth-order valence-electron chi connectivity index (χ4n) is 0.865. The Bertz CT molecular complexity index is 373. The van der Waals surface area contributed by atoms with Crippen LogP contribution in [0.2, 0.25) is 5.22 Å². The number of carbonyl (C=O) groups is 2. The number of nitrogens with zero attached hydrogens (tertiary/aromatic N) is 1. The second-order valence-electron chi connectivity index (χ2n) is 3.08. The number of rotatable bonds is 3. The van der Waals surface area contributed by atoms with Gasteiger partial charge in [-0.15, -0.1) is 0 Å². The van der Waals surface area contributed by atoms with Crippen LogP contribution in [0.25, 0.3) is 0 Å². The first-order chi connectivity index (χ1) is 7.02. The van der Waals surface area contributed by atoms with Gasteiger partial charge in [-0.3, -0.25) is 9.59 Å². The minimum absolute atomic E-state index is 0.0183. The van der Waals surface area contributed by atoms with Crippen molar-refractivity contribution in [2.75, 3.05) is 20.6 Å². The predicted octanol–water partition coefficient (Wildman–Crippen LogP) is 0.751. The molecule has 2 amide bonds. The lowest BCUT2D eigenvalue weighted by Crippen LogP contribution is -2.36. The molecule has 0 saturated carbocycles. The molecular weight excluding hydrogens is 220 g/mol. The fourth-order valence-corrected chi connectivity index (χ4v) is 1.07. The third-order valence-corrected chi connectivity index (χ3v) is 2.05. The molecule has 1 rings (SSSR count). The van der Waals surface area contributed by atoms with E-state index in [4.69, 9.17) is 16.0 Å². The Hall–Kier alpha value is -1.49. The quantitative estimate of drug-likeness (QED) is 0.834. The van der Waals surface area contributed by atoms with E-state index >= 15 is 0 Å². The highest BCUT2D eigenvalue weighted by Crippen LogP contribution is 2.15. The van der Waals surface area contributed by atoms with Gasteiger partial charge in [-0.05, 0) is 17.7 Å². The van der Waals surface area contributed by atoms with Crippen molar-refractivity contribution < 1.29 is 14.0 Å². The smallest absolute Gasteiger partial charge is 0.256 e. The topological polar surface area (TPSA) is 62.6 Å². The molecule has 1 N–H and O–H groups in total. The van der Waals surface area contributed by atoms with Crippen LogP contribution in [0, 0.1) is 0 Å². The minimum atomic E-state index is -0.427. The molecule has 1 aromatic heterocycles. The Morgan fingerprint density at radius 3 is 2.67 bits per heavy atom. The number of hydrogen-bond acceptors (Lipinski definition) is 3.